The van der Waals surface area contributed by atoms with Gasteiger partial charge in [0.2, 0.25) is 0 Å². The molecule has 0 radical (unpaired) electrons. The maximum absolute atomic E-state index is 13.8. The monoisotopic (exact) mass is 315 g/mol. The van der Waals surface area contributed by atoms with Gasteiger partial charge in [-0.1, -0.05) is 41.5 Å². The zero-order chi connectivity index (χ0) is 14.9. The number of benzene rings is 2. The molecule has 0 aliphatic carbocycles. The van der Waals surface area contributed by atoms with Crippen molar-refractivity contribution in [1.29, 1.82) is 0 Å². The largest absolute Gasteiger partial charge is 0.346 e. The molecule has 0 heterocycles. The summed E-state index contributed by atoms with van der Waals surface area (Å²) in [6.45, 7) is 1.91. The van der Waals surface area contributed by atoms with E-state index in [-0.39, 0.29) is 10.6 Å². The van der Waals surface area contributed by atoms with E-state index < -0.39 is 22.5 Å². The van der Waals surface area contributed by atoms with Gasteiger partial charge >= 0.3 is 0 Å². The van der Waals surface area contributed by atoms with Crippen molar-refractivity contribution in [1.82, 2.24) is 0 Å². The first-order valence-corrected chi connectivity index (χ1v) is 6.39. The molecule has 0 atom stereocenters. The number of hydrogen-bond donors (Lipinski definition) is 1. The van der Waals surface area contributed by atoms with Gasteiger partial charge in [-0.2, -0.15) is 0 Å². The van der Waals surface area contributed by atoms with Crippen LogP contribution in [0.1, 0.15) is 11.1 Å². The van der Waals surface area contributed by atoms with Crippen molar-refractivity contribution in [3.63, 3.8) is 0 Å². The lowest BCUT2D eigenvalue weighted by Crippen LogP contribution is -2.14. The molecule has 0 unspecified atom stereocenters. The number of halogens is 4. The molecule has 2 aromatic rings. The summed E-state index contributed by atoms with van der Waals surface area (Å²) in [5.41, 5.74) is 1.37. The highest BCUT2D eigenvalue weighted by atomic mass is 35.5. The predicted octanol–water partition coefficient (Wildman–Crippen LogP) is 4.85. The summed E-state index contributed by atoms with van der Waals surface area (Å²) in [5, 5.41) is 1.83. The van der Waals surface area contributed by atoms with Crippen LogP contribution < -0.4 is 5.32 Å². The second-order valence-corrected chi connectivity index (χ2v) is 4.95. The normalized spacial score (nSPS) is 10.4. The van der Waals surface area contributed by atoms with E-state index in [2.05, 4.69) is 5.32 Å². The Morgan fingerprint density at radius 1 is 1.10 bits per heavy atom. The molecule has 20 heavy (non-hydrogen) atoms. The zero-order valence-electron chi connectivity index (χ0n) is 10.3. The van der Waals surface area contributed by atoms with Crippen molar-refractivity contribution in [3.05, 3.63) is 63.9 Å². The van der Waals surface area contributed by atoms with Crippen molar-refractivity contribution < 1.29 is 13.2 Å². The lowest BCUT2D eigenvalue weighted by molar-refractivity contribution is 0.495. The first kappa shape index (κ1) is 14.8. The fraction of sp³-hybridized carbons (Fsp3) is 0.0714. The first-order valence-electron chi connectivity index (χ1n) is 5.61. The molecule has 2 rings (SSSR count). The van der Waals surface area contributed by atoms with Gasteiger partial charge < -0.3 is 5.32 Å². The van der Waals surface area contributed by atoms with E-state index in [1.54, 1.807) is 12.1 Å². The van der Waals surface area contributed by atoms with E-state index in [1.807, 2.05) is 19.1 Å². The second kappa shape index (κ2) is 5.81. The van der Waals surface area contributed by atoms with E-state index >= 15 is 0 Å². The Kier molecular flexibility index (Phi) is 4.30. The minimum absolute atomic E-state index is 0.0767. The van der Waals surface area contributed by atoms with E-state index in [1.165, 1.54) is 0 Å². The van der Waals surface area contributed by atoms with Gasteiger partial charge in [0.15, 0.2) is 17.5 Å². The molecule has 0 bridgehead atoms. The Labute approximate surface area is 124 Å². The van der Waals surface area contributed by atoms with E-state index in [0.717, 1.165) is 5.56 Å². The third-order valence-corrected chi connectivity index (χ3v) is 3.31. The second-order valence-electron chi connectivity index (χ2n) is 4.17. The van der Waals surface area contributed by atoms with Crippen LogP contribution in [0.4, 0.5) is 18.9 Å². The van der Waals surface area contributed by atoms with Crippen LogP contribution in [0.2, 0.25) is 5.02 Å². The molecule has 0 aliphatic rings. The summed E-state index contributed by atoms with van der Waals surface area (Å²) in [6.07, 6.45) is 0. The summed E-state index contributed by atoms with van der Waals surface area (Å²) >= 11 is 10.4. The summed E-state index contributed by atoms with van der Waals surface area (Å²) in [4.78, 5) is -0.0767. The van der Waals surface area contributed by atoms with Gasteiger partial charge in [0.25, 0.3) is 0 Å². The van der Waals surface area contributed by atoms with Crippen molar-refractivity contribution in [2.45, 2.75) is 6.92 Å². The number of rotatable bonds is 2. The van der Waals surface area contributed by atoms with Crippen LogP contribution in [-0.2, 0) is 0 Å². The van der Waals surface area contributed by atoms with Crippen LogP contribution in [0.5, 0.6) is 0 Å². The highest BCUT2D eigenvalue weighted by molar-refractivity contribution is 7.81. The molecule has 0 aromatic heterocycles. The average molecular weight is 316 g/mol. The summed E-state index contributed by atoms with van der Waals surface area (Å²) in [7, 11) is 0. The molecule has 0 fully saturated rings. The highest BCUT2D eigenvalue weighted by Gasteiger charge is 2.19. The van der Waals surface area contributed by atoms with Crippen LogP contribution in [0.25, 0.3) is 0 Å². The van der Waals surface area contributed by atoms with Crippen LogP contribution in [0, 0.1) is 24.4 Å². The van der Waals surface area contributed by atoms with Crippen LogP contribution >= 0.6 is 23.8 Å². The molecule has 104 valence electrons. The lowest BCUT2D eigenvalue weighted by Gasteiger charge is -2.11. The molecule has 0 spiro atoms. The van der Waals surface area contributed by atoms with Gasteiger partial charge in [0.05, 0.1) is 0 Å². The summed E-state index contributed by atoms with van der Waals surface area (Å²) in [5.74, 6) is -3.76. The molecule has 1 N–H and O–H groups in total. The third-order valence-electron chi connectivity index (χ3n) is 2.66. The Morgan fingerprint density at radius 3 is 2.30 bits per heavy atom. The van der Waals surface area contributed by atoms with Crippen molar-refractivity contribution in [2.24, 2.45) is 0 Å². The number of hydrogen-bond acceptors (Lipinski definition) is 1. The van der Waals surface area contributed by atoms with Crippen molar-refractivity contribution >= 4 is 34.5 Å². The molecule has 0 amide bonds. The van der Waals surface area contributed by atoms with E-state index in [9.17, 15) is 13.2 Å². The van der Waals surface area contributed by atoms with Gasteiger partial charge in [-0.15, -0.1) is 0 Å². The molecule has 2 aromatic carbocycles. The Morgan fingerprint density at radius 2 is 1.70 bits per heavy atom. The first-order chi connectivity index (χ1) is 9.40. The van der Waals surface area contributed by atoms with Crippen LogP contribution in [-0.4, -0.2) is 4.99 Å². The number of thiocarbonyl (C=S) groups is 1. The van der Waals surface area contributed by atoms with Gasteiger partial charge in [-0.05, 0) is 25.1 Å². The molecule has 0 saturated heterocycles. The fourth-order valence-corrected chi connectivity index (χ4v) is 2.03. The minimum atomic E-state index is -1.42. The van der Waals surface area contributed by atoms with Crippen molar-refractivity contribution in [2.75, 3.05) is 5.32 Å². The number of nitrogens with one attached hydrogen (secondary N) is 1. The maximum Gasteiger partial charge on any atom is 0.180 e. The van der Waals surface area contributed by atoms with Crippen LogP contribution in [0.15, 0.2) is 30.3 Å². The van der Waals surface area contributed by atoms with Crippen molar-refractivity contribution in [3.8, 4) is 0 Å². The molecular formula is C14H9ClF3NS. The fourth-order valence-electron chi connectivity index (χ4n) is 1.57. The summed E-state index contributed by atoms with van der Waals surface area (Å²) < 4.78 is 40.1. The Bertz CT molecular complexity index is 671. The topological polar surface area (TPSA) is 12.0 Å². The summed E-state index contributed by atoms with van der Waals surface area (Å²) in [6, 6.07) is 7.82. The number of aryl methyl sites for hydroxylation is 1. The van der Waals surface area contributed by atoms with Gasteiger partial charge in [-0.25, -0.2) is 13.2 Å². The predicted molar refractivity (Wildman–Crippen MR) is 77.8 cm³/mol. The Balaban J connectivity index is 2.32. The Hall–Kier alpha value is -1.59. The molecule has 1 nitrogen and oxygen atoms in total. The third kappa shape index (κ3) is 2.94. The van der Waals surface area contributed by atoms with Gasteiger partial charge in [0.1, 0.15) is 10.0 Å². The molecule has 0 saturated carbocycles. The standard InChI is InChI=1S/C14H9ClF3NS/c1-7-2-4-8(5-3-7)19-14(20)9-6-10(16)13(18)11(15)12(9)17/h2-6H,1H3,(H,19,20). The zero-order valence-corrected chi connectivity index (χ0v) is 11.9. The minimum Gasteiger partial charge on any atom is -0.346 e. The van der Waals surface area contributed by atoms with E-state index in [0.29, 0.717) is 11.8 Å². The molecule has 0 aliphatic heterocycles. The molecular weight excluding hydrogens is 307 g/mol. The lowest BCUT2D eigenvalue weighted by atomic mass is 10.1. The number of anilines is 1. The smallest absolute Gasteiger partial charge is 0.180 e. The van der Waals surface area contributed by atoms with E-state index in [4.69, 9.17) is 23.8 Å². The quantitative estimate of drug-likeness (QED) is 0.483. The maximum atomic E-state index is 13.8. The highest BCUT2D eigenvalue weighted by Crippen LogP contribution is 2.25. The van der Waals surface area contributed by atoms with Crippen LogP contribution in [0.3, 0.4) is 0 Å². The SMILES string of the molecule is Cc1ccc(NC(=S)c2cc(F)c(F)c(Cl)c2F)cc1. The molecule has 6 heteroatoms. The van der Waals surface area contributed by atoms with Gasteiger partial charge in [0, 0.05) is 11.3 Å². The van der Waals surface area contributed by atoms with Gasteiger partial charge in [-0.3, -0.25) is 0 Å². The average Bonchev–Trinajstić information content (AvgIpc) is 2.43.